The minimum absolute atomic E-state index is 0.438. The van der Waals surface area contributed by atoms with Crippen molar-refractivity contribution >= 4 is 11.9 Å². The van der Waals surface area contributed by atoms with Crippen molar-refractivity contribution in [3.05, 3.63) is 11.8 Å². The summed E-state index contributed by atoms with van der Waals surface area (Å²) in [6.07, 6.45) is 2.42. The van der Waals surface area contributed by atoms with Gasteiger partial charge in [0.1, 0.15) is 0 Å². The van der Waals surface area contributed by atoms with Crippen LogP contribution in [0.3, 0.4) is 0 Å². The Morgan fingerprint density at radius 1 is 1.69 bits per heavy atom. The van der Waals surface area contributed by atoms with Crippen molar-refractivity contribution in [3.8, 4) is 0 Å². The number of hydrogen-bond acceptors (Lipinski definition) is 3. The van der Waals surface area contributed by atoms with Gasteiger partial charge in [-0.2, -0.15) is 5.10 Å². The first-order valence-electron chi connectivity index (χ1n) is 4.24. The number of aliphatic imine (C=N–C) groups is 1. The molecule has 0 saturated carbocycles. The van der Waals surface area contributed by atoms with E-state index in [4.69, 9.17) is 0 Å². The Morgan fingerprint density at radius 3 is 2.92 bits per heavy atom. The second-order valence-electron chi connectivity index (χ2n) is 3.42. The van der Waals surface area contributed by atoms with Gasteiger partial charge in [-0.1, -0.05) is 13.8 Å². The van der Waals surface area contributed by atoms with Gasteiger partial charge in [0, 0.05) is 18.8 Å². The van der Waals surface area contributed by atoms with E-state index in [1.165, 1.54) is 6.08 Å². The fourth-order valence-electron chi connectivity index (χ4n) is 1.20. The molecule has 0 unspecified atom stereocenters. The maximum absolute atomic E-state index is 9.98. The first-order valence-corrected chi connectivity index (χ1v) is 4.24. The van der Waals surface area contributed by atoms with Crippen LogP contribution in [-0.2, 0) is 18.3 Å². The van der Waals surface area contributed by atoms with Crippen molar-refractivity contribution in [3.63, 3.8) is 0 Å². The van der Waals surface area contributed by atoms with Gasteiger partial charge in [-0.25, -0.2) is 4.79 Å². The third-order valence-electron chi connectivity index (χ3n) is 1.74. The molecule has 0 spiro atoms. The molecule has 0 aromatic carbocycles. The number of isocyanates is 1. The normalized spacial score (nSPS) is 10.2. The van der Waals surface area contributed by atoms with E-state index in [2.05, 4.69) is 23.9 Å². The van der Waals surface area contributed by atoms with E-state index in [0.29, 0.717) is 11.7 Å². The quantitative estimate of drug-likeness (QED) is 0.522. The molecule has 0 aliphatic rings. The smallest absolute Gasteiger partial charge is 0.242 e. The minimum atomic E-state index is 0.438. The van der Waals surface area contributed by atoms with E-state index in [0.717, 1.165) is 12.1 Å². The van der Waals surface area contributed by atoms with Crippen molar-refractivity contribution in [1.29, 1.82) is 0 Å². The molecule has 1 aromatic heterocycles. The van der Waals surface area contributed by atoms with Gasteiger partial charge in [-0.15, -0.1) is 4.99 Å². The first kappa shape index (κ1) is 9.68. The molecule has 0 aliphatic heterocycles. The lowest BCUT2D eigenvalue weighted by Crippen LogP contribution is -2.01. The lowest BCUT2D eigenvalue weighted by atomic mass is 10.1. The predicted molar refractivity (Wildman–Crippen MR) is 49.5 cm³/mol. The van der Waals surface area contributed by atoms with Crippen LogP contribution in [0.25, 0.3) is 0 Å². The van der Waals surface area contributed by atoms with Gasteiger partial charge in [0.15, 0.2) is 5.82 Å². The molecule has 4 nitrogen and oxygen atoms in total. The van der Waals surface area contributed by atoms with Gasteiger partial charge >= 0.3 is 0 Å². The van der Waals surface area contributed by atoms with Crippen molar-refractivity contribution in [2.75, 3.05) is 0 Å². The summed E-state index contributed by atoms with van der Waals surface area (Å²) in [5.41, 5.74) is 1.09. The lowest BCUT2D eigenvalue weighted by molar-refractivity contribution is 0.565. The minimum Gasteiger partial charge on any atom is -0.270 e. The second-order valence-corrected chi connectivity index (χ2v) is 3.42. The zero-order valence-electron chi connectivity index (χ0n) is 8.11. The van der Waals surface area contributed by atoms with Gasteiger partial charge in [0.2, 0.25) is 6.08 Å². The Bertz CT molecular complexity index is 335. The van der Waals surface area contributed by atoms with Crippen molar-refractivity contribution in [2.24, 2.45) is 18.0 Å². The van der Waals surface area contributed by atoms with Crippen molar-refractivity contribution < 1.29 is 4.79 Å². The van der Waals surface area contributed by atoms with Crippen LogP contribution in [0, 0.1) is 5.92 Å². The molecule has 13 heavy (non-hydrogen) atoms. The fraction of sp³-hybridized carbons (Fsp3) is 0.556. The summed E-state index contributed by atoms with van der Waals surface area (Å²) in [6, 6.07) is 1.81. The fourth-order valence-corrected chi connectivity index (χ4v) is 1.20. The molecule has 0 saturated heterocycles. The zero-order chi connectivity index (χ0) is 9.84. The molecule has 0 fully saturated rings. The van der Waals surface area contributed by atoms with Crippen LogP contribution in [0.2, 0.25) is 0 Å². The standard InChI is InChI=1S/C9H13N3O/c1-7(2)4-8-5-9(10-6-13)11-12(8)3/h5,7H,4H2,1-3H3. The summed E-state index contributed by atoms with van der Waals surface area (Å²) in [4.78, 5) is 13.4. The van der Waals surface area contributed by atoms with Crippen LogP contribution in [0.1, 0.15) is 19.5 Å². The number of carbonyl (C=O) groups excluding carboxylic acids is 1. The van der Waals surface area contributed by atoms with Crippen molar-refractivity contribution in [1.82, 2.24) is 9.78 Å². The maximum atomic E-state index is 9.98. The number of hydrogen-bond donors (Lipinski definition) is 0. The molecule has 1 heterocycles. The van der Waals surface area contributed by atoms with E-state index >= 15 is 0 Å². The largest absolute Gasteiger partial charge is 0.270 e. The highest BCUT2D eigenvalue weighted by Gasteiger charge is 2.05. The SMILES string of the molecule is CC(C)Cc1cc(N=C=O)nn1C. The average Bonchev–Trinajstić information content (AvgIpc) is 2.31. The van der Waals surface area contributed by atoms with Crippen LogP contribution in [0.15, 0.2) is 11.1 Å². The molecule has 1 rings (SSSR count). The third kappa shape index (κ3) is 2.53. The van der Waals surface area contributed by atoms with Crippen LogP contribution < -0.4 is 0 Å². The highest BCUT2D eigenvalue weighted by Crippen LogP contribution is 2.14. The predicted octanol–water partition coefficient (Wildman–Crippen LogP) is 1.59. The van der Waals surface area contributed by atoms with E-state index in [9.17, 15) is 4.79 Å². The Hall–Kier alpha value is -1.41. The highest BCUT2D eigenvalue weighted by atomic mass is 16.1. The Kier molecular flexibility index (Phi) is 2.98. The van der Waals surface area contributed by atoms with Crippen LogP contribution >= 0.6 is 0 Å². The molecule has 70 valence electrons. The highest BCUT2D eigenvalue weighted by molar-refractivity contribution is 5.44. The molecule has 0 amide bonds. The number of aromatic nitrogens is 2. The summed E-state index contributed by atoms with van der Waals surface area (Å²) in [5, 5.41) is 4.04. The molecular weight excluding hydrogens is 166 g/mol. The Labute approximate surface area is 77.3 Å². The summed E-state index contributed by atoms with van der Waals surface area (Å²) in [6.45, 7) is 4.27. The molecule has 0 atom stereocenters. The summed E-state index contributed by atoms with van der Waals surface area (Å²) >= 11 is 0. The second kappa shape index (κ2) is 4.01. The van der Waals surface area contributed by atoms with E-state index < -0.39 is 0 Å². The molecule has 0 N–H and O–H groups in total. The summed E-state index contributed by atoms with van der Waals surface area (Å²) in [5.74, 6) is 1.01. The Balaban J connectivity index is 2.89. The van der Waals surface area contributed by atoms with Gasteiger partial charge in [0.05, 0.1) is 0 Å². The van der Waals surface area contributed by atoms with Crippen LogP contribution in [-0.4, -0.2) is 15.9 Å². The molecule has 4 heteroatoms. The zero-order valence-corrected chi connectivity index (χ0v) is 8.11. The molecular formula is C9H13N3O. The summed E-state index contributed by atoms with van der Waals surface area (Å²) < 4.78 is 1.75. The monoisotopic (exact) mass is 179 g/mol. The average molecular weight is 179 g/mol. The van der Waals surface area contributed by atoms with Crippen LogP contribution in [0.5, 0.6) is 0 Å². The first-order chi connectivity index (χ1) is 6.13. The number of aryl methyl sites for hydroxylation is 1. The third-order valence-corrected chi connectivity index (χ3v) is 1.74. The van der Waals surface area contributed by atoms with Gasteiger partial charge in [0.25, 0.3) is 0 Å². The van der Waals surface area contributed by atoms with E-state index in [1.54, 1.807) is 4.68 Å². The summed E-state index contributed by atoms with van der Waals surface area (Å²) in [7, 11) is 1.85. The van der Waals surface area contributed by atoms with Gasteiger partial charge in [-0.05, 0) is 12.3 Å². The van der Waals surface area contributed by atoms with Crippen molar-refractivity contribution in [2.45, 2.75) is 20.3 Å². The molecule has 0 bridgehead atoms. The molecule has 1 aromatic rings. The maximum Gasteiger partial charge on any atom is 0.242 e. The lowest BCUT2D eigenvalue weighted by Gasteiger charge is -2.03. The number of rotatable bonds is 3. The van der Waals surface area contributed by atoms with Gasteiger partial charge < -0.3 is 0 Å². The van der Waals surface area contributed by atoms with Gasteiger partial charge in [-0.3, -0.25) is 4.68 Å². The molecule has 0 radical (unpaired) electrons. The topological polar surface area (TPSA) is 47.2 Å². The van der Waals surface area contributed by atoms with Crippen LogP contribution in [0.4, 0.5) is 5.82 Å². The van der Waals surface area contributed by atoms with E-state index in [-0.39, 0.29) is 0 Å². The number of nitrogens with zero attached hydrogens (tertiary/aromatic N) is 3. The van der Waals surface area contributed by atoms with E-state index in [1.807, 2.05) is 13.1 Å². The molecule has 0 aliphatic carbocycles. The Morgan fingerprint density at radius 2 is 2.38 bits per heavy atom.